The summed E-state index contributed by atoms with van der Waals surface area (Å²) in [5.41, 5.74) is 6.53. The summed E-state index contributed by atoms with van der Waals surface area (Å²) in [7, 11) is 1.64. The van der Waals surface area contributed by atoms with Crippen LogP contribution in [0.15, 0.2) is 40.9 Å². The second-order valence-corrected chi connectivity index (χ2v) is 7.06. The van der Waals surface area contributed by atoms with Crippen molar-refractivity contribution in [1.82, 2.24) is 4.90 Å². The van der Waals surface area contributed by atoms with Crippen LogP contribution >= 0.6 is 0 Å². The van der Waals surface area contributed by atoms with Gasteiger partial charge in [0.05, 0.1) is 0 Å². The van der Waals surface area contributed by atoms with Crippen molar-refractivity contribution in [1.29, 1.82) is 0 Å². The molecule has 1 aliphatic heterocycles. The monoisotopic (exact) mass is 375 g/mol. The molecule has 1 amide bonds. The summed E-state index contributed by atoms with van der Waals surface area (Å²) in [4.78, 5) is 17.5. The summed E-state index contributed by atoms with van der Waals surface area (Å²) in [5, 5.41) is 0. The topological polar surface area (TPSA) is 58.7 Å². The maximum Gasteiger partial charge on any atom is 0.258 e. The molecule has 2 atom stereocenters. The van der Waals surface area contributed by atoms with Gasteiger partial charge in [-0.05, 0) is 31.3 Å². The number of guanidine groups is 1. The Morgan fingerprint density at radius 3 is 2.15 bits per heavy atom. The van der Waals surface area contributed by atoms with Gasteiger partial charge in [-0.1, -0.05) is 90.2 Å². The van der Waals surface area contributed by atoms with E-state index in [1.165, 1.54) is 37.0 Å². The molecular formula is C23H41N3O. The number of carbonyl (C=O) groups excluding carboxylic acids is 1. The number of hydrogen-bond donors (Lipinski definition) is 1. The van der Waals surface area contributed by atoms with Gasteiger partial charge in [0.2, 0.25) is 0 Å². The molecule has 1 heterocycles. The van der Waals surface area contributed by atoms with Gasteiger partial charge in [0, 0.05) is 7.05 Å². The lowest BCUT2D eigenvalue weighted by atomic mass is 9.91. The molecular weight excluding hydrogens is 334 g/mol. The van der Waals surface area contributed by atoms with Crippen LogP contribution in [0.1, 0.15) is 73.6 Å². The number of rotatable bonds is 4. The summed E-state index contributed by atoms with van der Waals surface area (Å²) in [6.07, 6.45) is 17.4. The van der Waals surface area contributed by atoms with Crippen LogP contribution in [0.4, 0.5) is 0 Å². The van der Waals surface area contributed by atoms with Crippen LogP contribution in [0, 0.1) is 11.8 Å². The Morgan fingerprint density at radius 2 is 1.78 bits per heavy atom. The molecule has 0 bridgehead atoms. The van der Waals surface area contributed by atoms with Crippen LogP contribution in [0.5, 0.6) is 0 Å². The number of allylic oxidation sites excluding steroid dienone is 4. The van der Waals surface area contributed by atoms with Gasteiger partial charge in [0.15, 0.2) is 12.0 Å². The molecule has 2 N–H and O–H groups in total. The van der Waals surface area contributed by atoms with Crippen LogP contribution in [-0.4, -0.2) is 29.9 Å². The SMILES string of the molecule is C/C=C\C(C)/C=C\C(=C/C)C1N=C(N)N(C)C1=O.CC.CC1CCCCC1. The smallest absolute Gasteiger partial charge is 0.258 e. The van der Waals surface area contributed by atoms with E-state index in [2.05, 4.69) is 24.9 Å². The second-order valence-electron chi connectivity index (χ2n) is 7.06. The third-order valence-electron chi connectivity index (χ3n) is 4.80. The Labute approximate surface area is 167 Å². The standard InChI is InChI=1S/C14H21N3O.C7H14.C2H6/c1-5-7-10(3)8-9-11(6-2)12-13(18)17(4)14(15)16-12;1-7-5-3-2-4-6-7;1-2/h5-10,12H,1-4H3,(H2,15,16);7H,2-6H2,1H3;1-2H3/b7-5-,9-8-,11-6+;;. The van der Waals surface area contributed by atoms with E-state index in [4.69, 9.17) is 5.73 Å². The molecule has 0 aromatic carbocycles. The molecule has 2 rings (SSSR count). The molecule has 1 aliphatic carbocycles. The first-order valence-corrected chi connectivity index (χ1v) is 10.5. The zero-order valence-corrected chi connectivity index (χ0v) is 18.5. The molecule has 2 unspecified atom stereocenters. The maximum atomic E-state index is 11.9. The molecule has 154 valence electrons. The highest BCUT2D eigenvalue weighted by Crippen LogP contribution is 2.22. The minimum Gasteiger partial charge on any atom is -0.369 e. The van der Waals surface area contributed by atoms with E-state index in [-0.39, 0.29) is 11.9 Å². The first-order chi connectivity index (χ1) is 12.9. The predicted molar refractivity (Wildman–Crippen MR) is 119 cm³/mol. The molecule has 0 radical (unpaired) electrons. The van der Waals surface area contributed by atoms with Crippen molar-refractivity contribution in [2.75, 3.05) is 7.05 Å². The minimum absolute atomic E-state index is 0.0797. The van der Waals surface area contributed by atoms with E-state index < -0.39 is 6.04 Å². The van der Waals surface area contributed by atoms with E-state index in [9.17, 15) is 4.79 Å². The molecule has 0 spiro atoms. The first-order valence-electron chi connectivity index (χ1n) is 10.5. The quantitative estimate of drug-likeness (QED) is 0.523. The number of carbonyl (C=O) groups is 1. The molecule has 27 heavy (non-hydrogen) atoms. The molecule has 0 saturated heterocycles. The van der Waals surface area contributed by atoms with Gasteiger partial charge in [0.25, 0.3) is 5.91 Å². The largest absolute Gasteiger partial charge is 0.369 e. The van der Waals surface area contributed by atoms with Crippen molar-refractivity contribution in [3.05, 3.63) is 36.0 Å². The highest BCUT2D eigenvalue weighted by atomic mass is 16.2. The third-order valence-corrected chi connectivity index (χ3v) is 4.80. The van der Waals surface area contributed by atoms with Crippen molar-refractivity contribution < 1.29 is 4.79 Å². The maximum absolute atomic E-state index is 11.9. The van der Waals surface area contributed by atoms with Crippen LogP contribution in [0.3, 0.4) is 0 Å². The fourth-order valence-corrected chi connectivity index (χ4v) is 3.07. The predicted octanol–water partition coefficient (Wildman–Crippen LogP) is 5.47. The van der Waals surface area contributed by atoms with Gasteiger partial charge >= 0.3 is 0 Å². The molecule has 4 heteroatoms. The summed E-state index contributed by atoms with van der Waals surface area (Å²) in [5.74, 6) is 1.57. The zero-order chi connectivity index (χ0) is 20.8. The van der Waals surface area contributed by atoms with Crippen molar-refractivity contribution in [3.63, 3.8) is 0 Å². The van der Waals surface area contributed by atoms with Gasteiger partial charge < -0.3 is 5.73 Å². The lowest BCUT2D eigenvalue weighted by Gasteiger charge is -2.15. The average Bonchev–Trinajstić information content (AvgIpc) is 2.93. The summed E-state index contributed by atoms with van der Waals surface area (Å²) >= 11 is 0. The van der Waals surface area contributed by atoms with Crippen LogP contribution < -0.4 is 5.73 Å². The molecule has 4 nitrogen and oxygen atoms in total. The fraction of sp³-hybridized carbons (Fsp3) is 0.652. The van der Waals surface area contributed by atoms with Gasteiger partial charge in [-0.2, -0.15) is 0 Å². The van der Waals surface area contributed by atoms with Crippen LogP contribution in [-0.2, 0) is 4.79 Å². The molecule has 0 aromatic heterocycles. The number of amides is 1. The molecule has 2 aliphatic rings. The number of nitrogens with two attached hydrogens (primary N) is 1. The highest BCUT2D eigenvalue weighted by Gasteiger charge is 2.31. The Hall–Kier alpha value is -1.84. The fourth-order valence-electron chi connectivity index (χ4n) is 3.07. The van der Waals surface area contributed by atoms with Gasteiger partial charge in [-0.25, -0.2) is 4.99 Å². The lowest BCUT2D eigenvalue weighted by molar-refractivity contribution is -0.125. The van der Waals surface area contributed by atoms with Gasteiger partial charge in [-0.15, -0.1) is 0 Å². The summed E-state index contributed by atoms with van der Waals surface area (Å²) in [6.45, 7) is 12.3. The lowest BCUT2D eigenvalue weighted by Crippen LogP contribution is -2.35. The highest BCUT2D eigenvalue weighted by molar-refractivity contribution is 6.05. The van der Waals surface area contributed by atoms with Crippen molar-refractivity contribution in [3.8, 4) is 0 Å². The zero-order valence-electron chi connectivity index (χ0n) is 18.5. The van der Waals surface area contributed by atoms with E-state index in [0.29, 0.717) is 5.92 Å². The average molecular weight is 376 g/mol. The van der Waals surface area contributed by atoms with Gasteiger partial charge in [0.1, 0.15) is 0 Å². The Balaban J connectivity index is 0.000000621. The number of likely N-dealkylation sites (N-methyl/N-ethyl adjacent to an activating group) is 1. The van der Waals surface area contributed by atoms with Crippen molar-refractivity contribution in [2.24, 2.45) is 22.6 Å². The van der Waals surface area contributed by atoms with E-state index >= 15 is 0 Å². The van der Waals surface area contributed by atoms with E-state index in [1.807, 2.05) is 52.0 Å². The number of nitrogens with zero attached hydrogens (tertiary/aromatic N) is 2. The van der Waals surface area contributed by atoms with Gasteiger partial charge in [-0.3, -0.25) is 9.69 Å². The minimum atomic E-state index is -0.492. The van der Waals surface area contributed by atoms with E-state index in [1.54, 1.807) is 7.05 Å². The van der Waals surface area contributed by atoms with E-state index in [0.717, 1.165) is 11.5 Å². The summed E-state index contributed by atoms with van der Waals surface area (Å²) in [6, 6.07) is -0.492. The van der Waals surface area contributed by atoms with Crippen molar-refractivity contribution in [2.45, 2.75) is 79.7 Å². The molecule has 1 saturated carbocycles. The molecule has 1 fully saturated rings. The number of aliphatic imine (C=N–C) groups is 1. The molecule has 0 aromatic rings. The summed E-state index contributed by atoms with van der Waals surface area (Å²) < 4.78 is 0. The Morgan fingerprint density at radius 1 is 1.19 bits per heavy atom. The second kappa shape index (κ2) is 14.2. The third kappa shape index (κ3) is 9.07. The van der Waals surface area contributed by atoms with Crippen LogP contribution in [0.25, 0.3) is 0 Å². The number of hydrogen-bond acceptors (Lipinski definition) is 3. The first kappa shape index (κ1) is 25.2. The Kier molecular flexibility index (Phi) is 13.3. The normalized spacial score (nSPS) is 22.3. The van der Waals surface area contributed by atoms with Crippen molar-refractivity contribution >= 4 is 11.9 Å². The Bertz CT molecular complexity index is 540. The van der Waals surface area contributed by atoms with Crippen LogP contribution in [0.2, 0.25) is 0 Å².